The van der Waals surface area contributed by atoms with Crippen LogP contribution in [0, 0.1) is 0 Å². The molecule has 7 heteroatoms. The van der Waals surface area contributed by atoms with Gasteiger partial charge in [-0.3, -0.25) is 4.79 Å². The van der Waals surface area contributed by atoms with Crippen molar-refractivity contribution in [3.63, 3.8) is 0 Å². The molecule has 0 saturated heterocycles. The normalized spacial score (nSPS) is 27.9. The van der Waals surface area contributed by atoms with Gasteiger partial charge in [0.05, 0.1) is 32.0 Å². The zero-order chi connectivity index (χ0) is 19.7. The highest BCUT2D eigenvalue weighted by atomic mass is 16.5. The summed E-state index contributed by atoms with van der Waals surface area (Å²) in [5.41, 5.74) is -0.403. The summed E-state index contributed by atoms with van der Waals surface area (Å²) < 4.78 is 16.6. The van der Waals surface area contributed by atoms with Crippen LogP contribution in [0.2, 0.25) is 0 Å². The maximum Gasteiger partial charge on any atom is 0.252 e. The van der Waals surface area contributed by atoms with Crippen LogP contribution in [0.15, 0.2) is 43.0 Å². The highest BCUT2D eigenvalue weighted by Gasteiger charge is 2.51. The van der Waals surface area contributed by atoms with Crippen molar-refractivity contribution in [2.45, 2.75) is 43.4 Å². The first kappa shape index (κ1) is 21.5. The van der Waals surface area contributed by atoms with Crippen LogP contribution in [0.5, 0.6) is 0 Å². The molecule has 3 N–H and O–H groups in total. The van der Waals surface area contributed by atoms with E-state index in [1.54, 1.807) is 13.2 Å². The predicted molar refractivity (Wildman–Crippen MR) is 100 cm³/mol. The summed E-state index contributed by atoms with van der Waals surface area (Å²) in [4.78, 5) is 12.9. The average Bonchev–Trinajstić information content (AvgIpc) is 2.68. The summed E-state index contributed by atoms with van der Waals surface area (Å²) in [5, 5.41) is 23.4. The van der Waals surface area contributed by atoms with Crippen LogP contribution in [0.25, 0.3) is 0 Å². The SMILES string of the molecule is C=CCO[C@H]1C[C@](OCc2ccccc2)(C(=O)NCCOC)C[C@@H](O)[C@H]1O. The number of hydrogen-bond donors (Lipinski definition) is 3. The van der Waals surface area contributed by atoms with E-state index in [9.17, 15) is 15.0 Å². The number of methoxy groups -OCH3 is 1. The van der Waals surface area contributed by atoms with Gasteiger partial charge in [0.15, 0.2) is 5.60 Å². The van der Waals surface area contributed by atoms with Gasteiger partial charge in [0.2, 0.25) is 0 Å². The minimum absolute atomic E-state index is 0.0201. The summed E-state index contributed by atoms with van der Waals surface area (Å²) in [6.45, 7) is 4.68. The Balaban J connectivity index is 2.18. The molecule has 1 aliphatic rings. The fourth-order valence-electron chi connectivity index (χ4n) is 3.18. The van der Waals surface area contributed by atoms with Gasteiger partial charge in [0, 0.05) is 26.5 Å². The van der Waals surface area contributed by atoms with Crippen molar-refractivity contribution in [2.75, 3.05) is 26.9 Å². The number of rotatable bonds is 10. The summed E-state index contributed by atoms with van der Waals surface area (Å²) in [5.74, 6) is -0.353. The van der Waals surface area contributed by atoms with Crippen molar-refractivity contribution in [1.82, 2.24) is 5.32 Å². The Bertz CT molecular complexity index is 595. The van der Waals surface area contributed by atoms with Crippen molar-refractivity contribution in [3.05, 3.63) is 48.6 Å². The van der Waals surface area contributed by atoms with Crippen LogP contribution in [0.1, 0.15) is 18.4 Å². The van der Waals surface area contributed by atoms with Gasteiger partial charge in [-0.2, -0.15) is 0 Å². The molecule has 0 heterocycles. The second-order valence-corrected chi connectivity index (χ2v) is 6.64. The molecule has 1 aliphatic carbocycles. The lowest BCUT2D eigenvalue weighted by Crippen LogP contribution is -2.60. The van der Waals surface area contributed by atoms with E-state index in [2.05, 4.69) is 11.9 Å². The fourth-order valence-corrected chi connectivity index (χ4v) is 3.18. The molecule has 1 amide bonds. The van der Waals surface area contributed by atoms with Gasteiger partial charge in [0.25, 0.3) is 5.91 Å². The molecular weight excluding hydrogens is 350 g/mol. The third-order valence-corrected chi connectivity index (χ3v) is 4.64. The highest BCUT2D eigenvalue weighted by molar-refractivity contribution is 5.85. The Kier molecular flexibility index (Phi) is 8.40. The van der Waals surface area contributed by atoms with Crippen LogP contribution in [-0.2, 0) is 25.6 Å². The zero-order valence-electron chi connectivity index (χ0n) is 15.7. The predicted octanol–water partition coefficient (Wildman–Crippen LogP) is 0.791. The first-order chi connectivity index (χ1) is 13.0. The summed E-state index contributed by atoms with van der Waals surface area (Å²) in [7, 11) is 1.55. The van der Waals surface area contributed by atoms with Gasteiger partial charge in [-0.05, 0) is 5.56 Å². The number of hydrogen-bond acceptors (Lipinski definition) is 6. The van der Waals surface area contributed by atoms with Gasteiger partial charge < -0.3 is 29.7 Å². The number of amides is 1. The lowest BCUT2D eigenvalue weighted by molar-refractivity contribution is -0.196. The van der Waals surface area contributed by atoms with Crippen molar-refractivity contribution in [3.8, 4) is 0 Å². The molecule has 0 bridgehead atoms. The molecule has 0 aromatic heterocycles. The van der Waals surface area contributed by atoms with E-state index in [4.69, 9.17) is 14.2 Å². The Morgan fingerprint density at radius 2 is 2.07 bits per heavy atom. The van der Waals surface area contributed by atoms with Crippen LogP contribution in [0.4, 0.5) is 0 Å². The van der Waals surface area contributed by atoms with E-state index in [1.807, 2.05) is 30.3 Å². The summed E-state index contributed by atoms with van der Waals surface area (Å²) >= 11 is 0. The fraction of sp³-hybridized carbons (Fsp3) is 0.550. The standard InChI is InChI=1S/C20H29NO6/c1-3-10-26-17-13-20(12-16(22)18(17)23,19(24)21-9-11-25-2)27-14-15-7-5-4-6-8-15/h3-8,16-18,22-23H,1,9-14H2,2H3,(H,21,24)/t16-,17+,18-,20+/m1/s1. The van der Waals surface area contributed by atoms with Crippen molar-refractivity contribution in [2.24, 2.45) is 0 Å². The van der Waals surface area contributed by atoms with Gasteiger partial charge in [-0.15, -0.1) is 6.58 Å². The van der Waals surface area contributed by atoms with E-state index < -0.39 is 23.9 Å². The third-order valence-electron chi connectivity index (χ3n) is 4.64. The molecule has 1 aromatic rings. The van der Waals surface area contributed by atoms with E-state index >= 15 is 0 Å². The van der Waals surface area contributed by atoms with Gasteiger partial charge in [-0.1, -0.05) is 36.4 Å². The first-order valence-electron chi connectivity index (χ1n) is 9.06. The molecule has 2 rings (SSSR count). The topological polar surface area (TPSA) is 97.3 Å². The number of ether oxygens (including phenoxy) is 3. The quantitative estimate of drug-likeness (QED) is 0.411. The van der Waals surface area contributed by atoms with E-state index in [0.717, 1.165) is 5.56 Å². The van der Waals surface area contributed by atoms with Gasteiger partial charge in [-0.25, -0.2) is 0 Å². The van der Waals surface area contributed by atoms with Crippen LogP contribution >= 0.6 is 0 Å². The first-order valence-corrected chi connectivity index (χ1v) is 9.06. The molecule has 150 valence electrons. The highest BCUT2D eigenvalue weighted by Crippen LogP contribution is 2.35. The molecule has 0 unspecified atom stereocenters. The van der Waals surface area contributed by atoms with Crippen molar-refractivity contribution < 1.29 is 29.2 Å². The smallest absolute Gasteiger partial charge is 0.252 e. The van der Waals surface area contributed by atoms with Crippen LogP contribution in [0.3, 0.4) is 0 Å². The van der Waals surface area contributed by atoms with Crippen LogP contribution in [-0.4, -0.2) is 66.9 Å². The Hall–Kier alpha value is -1.77. The molecule has 1 fully saturated rings. The maximum absolute atomic E-state index is 12.9. The summed E-state index contributed by atoms with van der Waals surface area (Å²) in [6, 6.07) is 9.47. The number of aliphatic hydroxyl groups excluding tert-OH is 2. The van der Waals surface area contributed by atoms with E-state index in [0.29, 0.717) is 13.2 Å². The number of aliphatic hydroxyl groups is 2. The monoisotopic (exact) mass is 379 g/mol. The molecule has 1 aromatic carbocycles. The van der Waals surface area contributed by atoms with Crippen molar-refractivity contribution in [1.29, 1.82) is 0 Å². The maximum atomic E-state index is 12.9. The zero-order valence-corrected chi connectivity index (χ0v) is 15.7. The van der Waals surface area contributed by atoms with E-state index in [-0.39, 0.29) is 32.0 Å². The molecule has 0 spiro atoms. The Morgan fingerprint density at radius 1 is 1.33 bits per heavy atom. The molecule has 0 radical (unpaired) electrons. The molecule has 4 atom stereocenters. The molecule has 1 saturated carbocycles. The number of carbonyl (C=O) groups is 1. The van der Waals surface area contributed by atoms with Crippen molar-refractivity contribution >= 4 is 5.91 Å². The lowest BCUT2D eigenvalue weighted by atomic mass is 9.78. The number of nitrogens with one attached hydrogen (secondary N) is 1. The molecule has 0 aliphatic heterocycles. The third kappa shape index (κ3) is 5.85. The van der Waals surface area contributed by atoms with Gasteiger partial charge >= 0.3 is 0 Å². The number of benzene rings is 1. The lowest BCUT2D eigenvalue weighted by Gasteiger charge is -2.43. The van der Waals surface area contributed by atoms with Crippen LogP contribution < -0.4 is 5.32 Å². The average molecular weight is 379 g/mol. The second kappa shape index (κ2) is 10.5. The Morgan fingerprint density at radius 3 is 2.74 bits per heavy atom. The molecule has 7 nitrogen and oxygen atoms in total. The minimum atomic E-state index is -1.31. The minimum Gasteiger partial charge on any atom is -0.390 e. The largest absolute Gasteiger partial charge is 0.390 e. The Labute approximate surface area is 159 Å². The molecule has 27 heavy (non-hydrogen) atoms. The second-order valence-electron chi connectivity index (χ2n) is 6.64. The van der Waals surface area contributed by atoms with Gasteiger partial charge in [0.1, 0.15) is 6.10 Å². The summed E-state index contributed by atoms with van der Waals surface area (Å²) in [6.07, 6.45) is -1.31. The number of carbonyl (C=O) groups excluding carboxylic acids is 1. The molecular formula is C20H29NO6. The van der Waals surface area contributed by atoms with E-state index in [1.165, 1.54) is 0 Å².